The van der Waals surface area contributed by atoms with Crippen molar-refractivity contribution in [3.8, 4) is 17.1 Å². The van der Waals surface area contributed by atoms with Crippen LogP contribution in [-0.2, 0) is 0 Å². The summed E-state index contributed by atoms with van der Waals surface area (Å²) in [5.41, 5.74) is 2.37. The minimum absolute atomic E-state index is 0.0375. The summed E-state index contributed by atoms with van der Waals surface area (Å²) in [5.74, 6) is 0.0608. The molecule has 0 N–H and O–H groups in total. The van der Waals surface area contributed by atoms with Gasteiger partial charge in [0.1, 0.15) is 23.0 Å². The highest BCUT2D eigenvalue weighted by Crippen LogP contribution is 2.34. The second kappa shape index (κ2) is 7.85. The second-order valence-electron chi connectivity index (χ2n) is 6.34. The zero-order valence-corrected chi connectivity index (χ0v) is 17.1. The van der Waals surface area contributed by atoms with E-state index in [9.17, 15) is 9.18 Å². The molecule has 0 amide bonds. The number of aromatic nitrogens is 3. The number of hydrogen-bond acceptors (Lipinski definition) is 5. The second-order valence-corrected chi connectivity index (χ2v) is 7.80. The van der Waals surface area contributed by atoms with Gasteiger partial charge >= 0.3 is 0 Å². The Morgan fingerprint density at radius 2 is 1.90 bits per heavy atom. The average molecular weight is 428 g/mol. The normalized spacial score (nSPS) is 11.0. The molecule has 2 heterocycles. The molecular formula is C21H15ClFN3O2S. The Balaban J connectivity index is 1.88. The van der Waals surface area contributed by atoms with Gasteiger partial charge in [-0.3, -0.25) is 4.79 Å². The van der Waals surface area contributed by atoms with Crippen LogP contribution < -0.4 is 0 Å². The lowest BCUT2D eigenvalue weighted by Crippen LogP contribution is -2.02. The van der Waals surface area contributed by atoms with Crippen LogP contribution in [0.1, 0.15) is 21.8 Å². The lowest BCUT2D eigenvalue weighted by molar-refractivity contribution is 0.108. The molecule has 0 saturated carbocycles. The fourth-order valence-corrected chi connectivity index (χ4v) is 3.96. The van der Waals surface area contributed by atoms with Crippen molar-refractivity contribution in [3.63, 3.8) is 0 Å². The van der Waals surface area contributed by atoms with Gasteiger partial charge in [0, 0.05) is 11.0 Å². The molecule has 29 heavy (non-hydrogen) atoms. The van der Waals surface area contributed by atoms with Crippen LogP contribution in [0.15, 0.2) is 64.0 Å². The average Bonchev–Trinajstić information content (AvgIpc) is 3.27. The Labute approximate surface area is 175 Å². The quantitative estimate of drug-likeness (QED) is 0.381. The van der Waals surface area contributed by atoms with E-state index in [2.05, 4.69) is 10.3 Å². The summed E-state index contributed by atoms with van der Waals surface area (Å²) in [4.78, 5) is 14.0. The first-order valence-electron chi connectivity index (χ1n) is 8.70. The van der Waals surface area contributed by atoms with E-state index in [4.69, 9.17) is 16.1 Å². The lowest BCUT2D eigenvalue weighted by Gasteiger charge is -2.08. The molecule has 0 aliphatic heterocycles. The van der Waals surface area contributed by atoms with E-state index in [1.807, 2.05) is 30.3 Å². The third kappa shape index (κ3) is 3.83. The van der Waals surface area contributed by atoms with E-state index in [0.717, 1.165) is 16.7 Å². The summed E-state index contributed by atoms with van der Waals surface area (Å²) in [6.07, 6.45) is 0. The van der Waals surface area contributed by atoms with Crippen LogP contribution in [-0.4, -0.2) is 20.1 Å². The Hall–Kier alpha value is -2.90. The van der Waals surface area contributed by atoms with Gasteiger partial charge in [0.05, 0.1) is 22.0 Å². The van der Waals surface area contributed by atoms with Gasteiger partial charge in [-0.25, -0.2) is 9.07 Å². The molecule has 0 bridgehead atoms. The number of rotatable bonds is 4. The predicted octanol–water partition coefficient (Wildman–Crippen LogP) is 5.87. The van der Waals surface area contributed by atoms with E-state index in [0.29, 0.717) is 34.1 Å². The summed E-state index contributed by atoms with van der Waals surface area (Å²) in [6, 6.07) is 15.3. The number of thioether (sulfide) groups is 1. The maximum Gasteiger partial charge on any atom is 0.228 e. The first-order valence-corrected chi connectivity index (χ1v) is 9.89. The largest absolute Gasteiger partial charge is 0.361 e. The molecule has 0 radical (unpaired) electrons. The molecule has 0 unspecified atom stereocenters. The molecule has 2 aromatic heterocycles. The minimum Gasteiger partial charge on any atom is -0.361 e. The van der Waals surface area contributed by atoms with Gasteiger partial charge in [0.15, 0.2) is 0 Å². The van der Waals surface area contributed by atoms with Crippen molar-refractivity contribution in [1.29, 1.82) is 0 Å². The van der Waals surface area contributed by atoms with Crippen LogP contribution in [0.4, 0.5) is 4.39 Å². The number of benzene rings is 2. The van der Waals surface area contributed by atoms with Crippen LogP contribution in [0, 0.1) is 19.7 Å². The number of aryl methyl sites for hydroxylation is 2. The topological polar surface area (TPSA) is 60.9 Å². The molecule has 4 rings (SSSR count). The molecule has 5 nitrogen and oxygen atoms in total. The molecule has 0 fully saturated rings. The van der Waals surface area contributed by atoms with Crippen molar-refractivity contribution in [3.05, 3.63) is 82.5 Å². The van der Waals surface area contributed by atoms with Crippen molar-refractivity contribution >= 4 is 28.5 Å². The summed E-state index contributed by atoms with van der Waals surface area (Å²) < 4.78 is 20.4. The highest BCUT2D eigenvalue weighted by molar-refractivity contribution is 8.14. The maximum absolute atomic E-state index is 13.6. The van der Waals surface area contributed by atoms with Gasteiger partial charge < -0.3 is 4.52 Å². The standard InChI is InChI=1S/C21H15ClFN3O2S/c1-12-10-18(25-28-12)20-19(21(27)29-15-6-4-3-5-7-15)13(2)24-26(20)14-8-9-17(23)16(22)11-14/h3-11H,1-2H3. The van der Waals surface area contributed by atoms with Crippen LogP contribution in [0.3, 0.4) is 0 Å². The zero-order chi connectivity index (χ0) is 20.5. The van der Waals surface area contributed by atoms with E-state index >= 15 is 0 Å². The molecule has 0 saturated heterocycles. The van der Waals surface area contributed by atoms with Crippen molar-refractivity contribution in [1.82, 2.24) is 14.9 Å². The van der Waals surface area contributed by atoms with Crippen LogP contribution in [0.25, 0.3) is 17.1 Å². The van der Waals surface area contributed by atoms with Crippen molar-refractivity contribution < 1.29 is 13.7 Å². The highest BCUT2D eigenvalue weighted by atomic mass is 35.5. The molecule has 0 aliphatic carbocycles. The number of carbonyl (C=O) groups excluding carboxylic acids is 1. The van der Waals surface area contributed by atoms with Gasteiger partial charge in [0.2, 0.25) is 5.12 Å². The van der Waals surface area contributed by atoms with E-state index in [1.165, 1.54) is 16.8 Å². The Bertz CT molecular complexity index is 1200. The summed E-state index contributed by atoms with van der Waals surface area (Å²) in [6.45, 7) is 3.51. The van der Waals surface area contributed by atoms with Crippen molar-refractivity contribution in [2.45, 2.75) is 18.7 Å². The van der Waals surface area contributed by atoms with Gasteiger partial charge in [0.25, 0.3) is 0 Å². The molecule has 0 spiro atoms. The van der Waals surface area contributed by atoms with Gasteiger partial charge in [-0.15, -0.1) is 0 Å². The maximum atomic E-state index is 13.6. The summed E-state index contributed by atoms with van der Waals surface area (Å²) >= 11 is 7.07. The Kier molecular flexibility index (Phi) is 5.25. The highest BCUT2D eigenvalue weighted by Gasteiger charge is 2.26. The monoisotopic (exact) mass is 427 g/mol. The van der Waals surface area contributed by atoms with Crippen LogP contribution >= 0.6 is 23.4 Å². The third-order valence-corrected chi connectivity index (χ3v) is 5.42. The molecular weight excluding hydrogens is 413 g/mol. The van der Waals surface area contributed by atoms with E-state index in [1.54, 1.807) is 26.0 Å². The fourth-order valence-electron chi connectivity index (χ4n) is 2.94. The van der Waals surface area contributed by atoms with E-state index < -0.39 is 5.82 Å². The minimum atomic E-state index is -0.533. The lowest BCUT2D eigenvalue weighted by atomic mass is 10.1. The smallest absolute Gasteiger partial charge is 0.228 e. The van der Waals surface area contributed by atoms with Gasteiger partial charge in [-0.1, -0.05) is 35.0 Å². The van der Waals surface area contributed by atoms with Crippen LogP contribution in [0.2, 0.25) is 5.02 Å². The zero-order valence-electron chi connectivity index (χ0n) is 15.5. The first-order chi connectivity index (χ1) is 13.9. The molecule has 2 aromatic carbocycles. The van der Waals surface area contributed by atoms with Gasteiger partial charge in [-0.05, 0) is 55.9 Å². The molecule has 0 aliphatic rings. The fraction of sp³-hybridized carbons (Fsp3) is 0.0952. The molecule has 4 aromatic rings. The SMILES string of the molecule is Cc1cc(-c2c(C(=O)Sc3ccccc3)c(C)nn2-c2ccc(F)c(Cl)c2)no1. The van der Waals surface area contributed by atoms with Crippen LogP contribution in [0.5, 0.6) is 0 Å². The Morgan fingerprint density at radius 1 is 1.14 bits per heavy atom. The summed E-state index contributed by atoms with van der Waals surface area (Å²) in [7, 11) is 0. The number of carbonyl (C=O) groups is 1. The predicted molar refractivity (Wildman–Crippen MR) is 110 cm³/mol. The van der Waals surface area contributed by atoms with Crippen molar-refractivity contribution in [2.75, 3.05) is 0 Å². The summed E-state index contributed by atoms with van der Waals surface area (Å²) in [5, 5.41) is 8.38. The number of nitrogens with zero attached hydrogens (tertiary/aromatic N) is 3. The number of hydrogen-bond donors (Lipinski definition) is 0. The van der Waals surface area contributed by atoms with Gasteiger partial charge in [-0.2, -0.15) is 5.10 Å². The molecule has 0 atom stereocenters. The third-order valence-electron chi connectivity index (χ3n) is 4.24. The molecule has 146 valence electrons. The molecule has 8 heteroatoms. The van der Waals surface area contributed by atoms with Crippen molar-refractivity contribution in [2.24, 2.45) is 0 Å². The number of halogens is 2. The Morgan fingerprint density at radius 3 is 2.55 bits per heavy atom. The van der Waals surface area contributed by atoms with E-state index in [-0.39, 0.29) is 10.1 Å². The first kappa shape index (κ1) is 19.4.